The van der Waals surface area contributed by atoms with Crippen molar-refractivity contribution in [3.63, 3.8) is 0 Å². The lowest BCUT2D eigenvalue weighted by Gasteiger charge is -2.29. The molecule has 3 rings (SSSR count). The average molecular weight is 202 g/mol. The lowest BCUT2D eigenvalue weighted by Crippen LogP contribution is -2.25. The number of nitrogens with one attached hydrogen (secondary N) is 1. The summed E-state index contributed by atoms with van der Waals surface area (Å²) in [5, 5.41) is 3.56. The van der Waals surface area contributed by atoms with E-state index in [-0.39, 0.29) is 0 Å². The summed E-state index contributed by atoms with van der Waals surface area (Å²) in [6.45, 7) is 2.32. The fourth-order valence-electron chi connectivity index (χ4n) is 3.41. The summed E-state index contributed by atoms with van der Waals surface area (Å²) >= 11 is 0. The molecule has 1 aromatic heterocycles. The molecule has 2 heterocycles. The van der Waals surface area contributed by atoms with Crippen molar-refractivity contribution in [1.29, 1.82) is 0 Å². The van der Waals surface area contributed by atoms with Crippen molar-refractivity contribution in [3.8, 4) is 0 Å². The van der Waals surface area contributed by atoms with Gasteiger partial charge in [-0.1, -0.05) is 18.9 Å². The van der Waals surface area contributed by atoms with Crippen LogP contribution < -0.4 is 5.32 Å². The number of hydrogen-bond acceptors (Lipinski definition) is 2. The first-order chi connectivity index (χ1) is 7.41. The Bertz CT molecular complexity index is 322. The smallest absolute Gasteiger partial charge is 0.0453 e. The molecule has 1 spiro atoms. The molecule has 0 radical (unpaired) electrons. The second-order valence-electron chi connectivity index (χ2n) is 5.01. The van der Waals surface area contributed by atoms with Crippen LogP contribution in [0.4, 0.5) is 0 Å². The topological polar surface area (TPSA) is 24.9 Å². The summed E-state index contributed by atoms with van der Waals surface area (Å²) in [6.07, 6.45) is 7.52. The third-order valence-corrected chi connectivity index (χ3v) is 4.21. The van der Waals surface area contributed by atoms with Gasteiger partial charge in [0.15, 0.2) is 0 Å². The lowest BCUT2D eigenvalue weighted by atomic mass is 9.75. The van der Waals surface area contributed by atoms with Crippen LogP contribution in [-0.4, -0.2) is 18.1 Å². The van der Waals surface area contributed by atoms with Crippen molar-refractivity contribution in [2.75, 3.05) is 13.1 Å². The maximum Gasteiger partial charge on any atom is 0.0453 e. The quantitative estimate of drug-likeness (QED) is 0.756. The van der Waals surface area contributed by atoms with E-state index < -0.39 is 0 Å². The van der Waals surface area contributed by atoms with Crippen LogP contribution in [-0.2, 0) is 0 Å². The van der Waals surface area contributed by atoms with E-state index in [0.29, 0.717) is 11.3 Å². The standard InChI is InChI=1S/C13H18N2/c1-4-8-15-12(5-1)11-9-14-10-13(11)6-2-3-7-13/h1,4-5,8,11,14H,2-3,6-7,9-10H2. The molecule has 1 atom stereocenters. The summed E-state index contributed by atoms with van der Waals surface area (Å²) in [7, 11) is 0. The Morgan fingerprint density at radius 2 is 2.13 bits per heavy atom. The summed E-state index contributed by atoms with van der Waals surface area (Å²) < 4.78 is 0. The SMILES string of the molecule is c1ccc(C2CNCC23CCCC3)nc1. The van der Waals surface area contributed by atoms with Gasteiger partial charge >= 0.3 is 0 Å². The zero-order valence-electron chi connectivity index (χ0n) is 9.08. The summed E-state index contributed by atoms with van der Waals surface area (Å²) in [4.78, 5) is 4.54. The average Bonchev–Trinajstić information content (AvgIpc) is 2.91. The Kier molecular flexibility index (Phi) is 2.24. The monoisotopic (exact) mass is 202 g/mol. The zero-order chi connectivity index (χ0) is 10.1. The number of aromatic nitrogens is 1. The lowest BCUT2D eigenvalue weighted by molar-refractivity contribution is 0.291. The molecule has 1 saturated heterocycles. The molecule has 0 bridgehead atoms. The Morgan fingerprint density at radius 1 is 1.27 bits per heavy atom. The first-order valence-electron chi connectivity index (χ1n) is 6.02. The van der Waals surface area contributed by atoms with Crippen LogP contribution in [0.5, 0.6) is 0 Å². The highest BCUT2D eigenvalue weighted by molar-refractivity contribution is 5.18. The molecular weight excluding hydrogens is 184 g/mol. The van der Waals surface area contributed by atoms with Crippen molar-refractivity contribution in [2.45, 2.75) is 31.6 Å². The number of hydrogen-bond donors (Lipinski definition) is 1. The van der Waals surface area contributed by atoms with Crippen LogP contribution in [0.2, 0.25) is 0 Å². The molecule has 1 aromatic rings. The van der Waals surface area contributed by atoms with Crippen LogP contribution >= 0.6 is 0 Å². The van der Waals surface area contributed by atoms with Crippen molar-refractivity contribution < 1.29 is 0 Å². The first-order valence-corrected chi connectivity index (χ1v) is 6.02. The van der Waals surface area contributed by atoms with Gasteiger partial charge in [-0.25, -0.2) is 0 Å². The molecule has 1 unspecified atom stereocenters. The third kappa shape index (κ3) is 1.48. The van der Waals surface area contributed by atoms with E-state index in [1.807, 2.05) is 12.3 Å². The van der Waals surface area contributed by atoms with Crippen LogP contribution in [0, 0.1) is 5.41 Å². The molecule has 0 amide bonds. The van der Waals surface area contributed by atoms with Gasteiger partial charge in [0.2, 0.25) is 0 Å². The maximum absolute atomic E-state index is 4.54. The van der Waals surface area contributed by atoms with E-state index in [2.05, 4.69) is 22.4 Å². The van der Waals surface area contributed by atoms with Crippen LogP contribution in [0.15, 0.2) is 24.4 Å². The van der Waals surface area contributed by atoms with Gasteiger partial charge in [0, 0.05) is 30.9 Å². The molecule has 2 nitrogen and oxygen atoms in total. The number of nitrogens with zero attached hydrogens (tertiary/aromatic N) is 1. The molecule has 1 N–H and O–H groups in total. The van der Waals surface area contributed by atoms with Crippen LogP contribution in [0.3, 0.4) is 0 Å². The fourth-order valence-corrected chi connectivity index (χ4v) is 3.41. The van der Waals surface area contributed by atoms with Crippen LogP contribution in [0.25, 0.3) is 0 Å². The molecule has 2 heteroatoms. The predicted octanol–water partition coefficient (Wildman–Crippen LogP) is 2.33. The van der Waals surface area contributed by atoms with Crippen molar-refractivity contribution in [1.82, 2.24) is 10.3 Å². The second kappa shape index (κ2) is 3.60. The van der Waals surface area contributed by atoms with Gasteiger partial charge in [-0.05, 0) is 30.4 Å². The molecule has 2 fully saturated rings. The normalized spacial score (nSPS) is 28.7. The minimum Gasteiger partial charge on any atom is -0.315 e. The Morgan fingerprint density at radius 3 is 2.87 bits per heavy atom. The molecule has 1 aliphatic heterocycles. The minimum atomic E-state index is 0.536. The summed E-state index contributed by atoms with van der Waals surface area (Å²) in [5.74, 6) is 0.654. The van der Waals surface area contributed by atoms with Gasteiger partial charge < -0.3 is 5.32 Å². The largest absolute Gasteiger partial charge is 0.315 e. The van der Waals surface area contributed by atoms with E-state index in [0.717, 1.165) is 6.54 Å². The molecule has 1 saturated carbocycles. The number of rotatable bonds is 1. The van der Waals surface area contributed by atoms with Crippen LogP contribution in [0.1, 0.15) is 37.3 Å². The van der Waals surface area contributed by atoms with Crippen molar-refractivity contribution in [3.05, 3.63) is 30.1 Å². The predicted molar refractivity (Wildman–Crippen MR) is 60.7 cm³/mol. The highest BCUT2D eigenvalue weighted by atomic mass is 15.0. The Hall–Kier alpha value is -0.890. The first kappa shape index (κ1) is 9.34. The van der Waals surface area contributed by atoms with Gasteiger partial charge in [0.05, 0.1) is 0 Å². The summed E-state index contributed by atoms with van der Waals surface area (Å²) in [6, 6.07) is 6.31. The van der Waals surface area contributed by atoms with E-state index >= 15 is 0 Å². The number of pyridine rings is 1. The van der Waals surface area contributed by atoms with E-state index in [9.17, 15) is 0 Å². The van der Waals surface area contributed by atoms with Crippen molar-refractivity contribution in [2.24, 2.45) is 5.41 Å². The van der Waals surface area contributed by atoms with Gasteiger partial charge in [0.25, 0.3) is 0 Å². The van der Waals surface area contributed by atoms with Gasteiger partial charge in [0.1, 0.15) is 0 Å². The van der Waals surface area contributed by atoms with E-state index in [1.54, 1.807) is 0 Å². The highest BCUT2D eigenvalue weighted by Gasteiger charge is 2.45. The van der Waals surface area contributed by atoms with Gasteiger partial charge in [-0.15, -0.1) is 0 Å². The molecule has 2 aliphatic rings. The zero-order valence-corrected chi connectivity index (χ0v) is 9.08. The maximum atomic E-state index is 4.54. The highest BCUT2D eigenvalue weighted by Crippen LogP contribution is 2.50. The molecule has 80 valence electrons. The van der Waals surface area contributed by atoms with Gasteiger partial charge in [-0.3, -0.25) is 4.98 Å². The Labute approximate surface area is 91.1 Å². The Balaban J connectivity index is 1.92. The van der Waals surface area contributed by atoms with E-state index in [4.69, 9.17) is 0 Å². The second-order valence-corrected chi connectivity index (χ2v) is 5.01. The van der Waals surface area contributed by atoms with E-state index in [1.165, 1.54) is 37.9 Å². The van der Waals surface area contributed by atoms with Crippen molar-refractivity contribution >= 4 is 0 Å². The fraction of sp³-hybridized carbons (Fsp3) is 0.615. The molecule has 0 aromatic carbocycles. The molecule has 15 heavy (non-hydrogen) atoms. The minimum absolute atomic E-state index is 0.536. The third-order valence-electron chi connectivity index (χ3n) is 4.21. The summed E-state index contributed by atoms with van der Waals surface area (Å²) in [5.41, 5.74) is 1.83. The van der Waals surface area contributed by atoms with Gasteiger partial charge in [-0.2, -0.15) is 0 Å². The molecule has 1 aliphatic carbocycles. The molecular formula is C13H18N2.